The van der Waals surface area contributed by atoms with Crippen molar-refractivity contribution in [3.8, 4) is 22.8 Å². The molecule has 1 fully saturated rings. The van der Waals surface area contributed by atoms with Crippen molar-refractivity contribution in [3.05, 3.63) is 95.8 Å². The van der Waals surface area contributed by atoms with Crippen LogP contribution in [0.15, 0.2) is 84.1 Å². The molecule has 4 aromatic rings. The number of halogens is 3. The van der Waals surface area contributed by atoms with E-state index in [-0.39, 0.29) is 28.7 Å². The molecule has 5 rings (SSSR count). The predicted molar refractivity (Wildman–Crippen MR) is 180 cm³/mol. The number of rotatable bonds is 8. The molecule has 1 aliphatic heterocycles. The minimum absolute atomic E-state index is 0.0222. The van der Waals surface area contributed by atoms with Crippen LogP contribution in [0.2, 0.25) is 0 Å². The Balaban J connectivity index is 1.20. The summed E-state index contributed by atoms with van der Waals surface area (Å²) in [6.07, 6.45) is 0.656. The third-order valence-corrected chi connectivity index (χ3v) is 8.07. The minimum Gasteiger partial charge on any atom is -0.406 e. The number of hydrogen-bond donors (Lipinski definition) is 1. The Morgan fingerprint density at radius 3 is 2.48 bits per heavy atom. The van der Waals surface area contributed by atoms with E-state index in [0.717, 1.165) is 27.9 Å². The number of carbonyl (C=O) groups is 1. The van der Waals surface area contributed by atoms with E-state index >= 15 is 0 Å². The Kier molecular flexibility index (Phi) is 9.92. The Hall–Kier alpha value is -4.49. The molecule has 1 saturated heterocycles. The zero-order valence-corrected chi connectivity index (χ0v) is 27.1. The largest absolute Gasteiger partial charge is 0.573 e. The molecule has 13 heteroatoms. The fourth-order valence-corrected chi connectivity index (χ4v) is 5.90. The fourth-order valence-electron chi connectivity index (χ4n) is 4.70. The number of ether oxygens (including phenoxy) is 1. The number of hydrogen-bond acceptors (Lipinski definition) is 6. The maximum Gasteiger partial charge on any atom is 0.573 e. The average Bonchev–Trinajstić information content (AvgIpc) is 3.63. The van der Waals surface area contributed by atoms with Crippen LogP contribution in [-0.2, 0) is 4.79 Å². The Bertz CT molecular complexity index is 1780. The molecule has 1 amide bonds. The quantitative estimate of drug-likeness (QED) is 0.194. The highest BCUT2D eigenvalue weighted by molar-refractivity contribution is 8.15. The van der Waals surface area contributed by atoms with E-state index in [1.54, 1.807) is 4.90 Å². The maximum absolute atomic E-state index is 12.9. The number of nitrogens with one attached hydrogen (secondary N) is 1. The van der Waals surface area contributed by atoms with E-state index in [1.807, 2.05) is 62.4 Å². The monoisotopic (exact) mass is 664 g/mol. The van der Waals surface area contributed by atoms with Gasteiger partial charge in [-0.1, -0.05) is 74.2 Å². The first-order valence-electron chi connectivity index (χ1n) is 14.4. The summed E-state index contributed by atoms with van der Waals surface area (Å²) in [6.45, 7) is 8.16. The molecule has 3 aromatic carbocycles. The van der Waals surface area contributed by atoms with Crippen molar-refractivity contribution in [1.29, 1.82) is 0 Å². The summed E-state index contributed by atoms with van der Waals surface area (Å²) in [4.78, 5) is 23.5. The first-order chi connectivity index (χ1) is 21.9. The van der Waals surface area contributed by atoms with Gasteiger partial charge in [0.05, 0.1) is 17.1 Å². The van der Waals surface area contributed by atoms with Crippen molar-refractivity contribution in [3.63, 3.8) is 0 Å². The number of aromatic nitrogens is 3. The van der Waals surface area contributed by atoms with Crippen LogP contribution in [0.4, 0.5) is 18.9 Å². The molecule has 8 nitrogen and oxygen atoms in total. The normalized spacial score (nSPS) is 15.3. The maximum atomic E-state index is 12.9. The molecule has 0 saturated carbocycles. The van der Waals surface area contributed by atoms with Crippen LogP contribution < -0.4 is 15.0 Å². The molecule has 1 aliphatic rings. The van der Waals surface area contributed by atoms with E-state index in [4.69, 9.17) is 12.2 Å². The molecule has 2 heterocycles. The molecule has 0 spiro atoms. The highest BCUT2D eigenvalue weighted by Crippen LogP contribution is 2.34. The standard InChI is InChI=1S/C33H31F3N6O2S2/c1-20(2)27-16-5-21(3)17-28(27)42-29(43)18-46-32(42)39-31(45)38-22(4)6-7-23-8-10-24(11-9-23)30-37-19-41(40-30)25-12-14-26(15-13-25)44-33(34,35)36/h5-17,19-20,22H,18H2,1-4H3,(H,38,45)/b7-6-,39-32-. The van der Waals surface area contributed by atoms with Crippen molar-refractivity contribution in [2.75, 3.05) is 10.7 Å². The lowest BCUT2D eigenvalue weighted by Crippen LogP contribution is -2.34. The minimum atomic E-state index is -4.75. The second-order valence-corrected chi connectivity index (χ2v) is 12.2. The molecule has 0 bridgehead atoms. The lowest BCUT2D eigenvalue weighted by atomic mass is 9.99. The number of aliphatic imine (C=N–C) groups is 1. The second kappa shape index (κ2) is 13.9. The second-order valence-electron chi connectivity index (χ2n) is 10.9. The molecule has 46 heavy (non-hydrogen) atoms. The van der Waals surface area contributed by atoms with Crippen LogP contribution in [0.25, 0.3) is 23.2 Å². The SMILES string of the molecule is Cc1ccc(C(C)C)c(N2C(=O)CS/C2=N\C(=S)NC(C)/C=C\c2ccc(-c3ncn(-c4ccc(OC(F)(F)F)cc4)n3)cc2)c1. The topological polar surface area (TPSA) is 84.6 Å². The first-order valence-corrected chi connectivity index (χ1v) is 15.8. The third-order valence-electron chi connectivity index (χ3n) is 6.94. The molecule has 1 N–H and O–H groups in total. The zero-order valence-electron chi connectivity index (χ0n) is 25.4. The predicted octanol–water partition coefficient (Wildman–Crippen LogP) is 7.68. The number of thiocarbonyl (C=S) groups is 1. The van der Waals surface area contributed by atoms with Gasteiger partial charge in [-0.25, -0.2) is 9.67 Å². The van der Waals surface area contributed by atoms with Crippen molar-refractivity contribution < 1.29 is 22.7 Å². The van der Waals surface area contributed by atoms with Crippen LogP contribution in [0, 0.1) is 6.92 Å². The number of aryl methyl sites for hydroxylation is 1. The number of amides is 1. The van der Waals surface area contributed by atoms with Crippen molar-refractivity contribution in [2.45, 2.75) is 46.0 Å². The highest BCUT2D eigenvalue weighted by atomic mass is 32.2. The zero-order chi connectivity index (χ0) is 33.0. The van der Waals surface area contributed by atoms with Gasteiger partial charge < -0.3 is 10.1 Å². The van der Waals surface area contributed by atoms with E-state index in [2.05, 4.69) is 45.0 Å². The van der Waals surface area contributed by atoms with Gasteiger partial charge in [0.1, 0.15) is 12.1 Å². The van der Waals surface area contributed by atoms with Gasteiger partial charge in [0, 0.05) is 11.6 Å². The van der Waals surface area contributed by atoms with Gasteiger partial charge in [-0.15, -0.1) is 18.3 Å². The van der Waals surface area contributed by atoms with Gasteiger partial charge in [0.15, 0.2) is 16.1 Å². The molecular formula is C33H31F3N6O2S2. The highest BCUT2D eigenvalue weighted by Gasteiger charge is 2.32. The summed E-state index contributed by atoms with van der Waals surface area (Å²) in [6, 6.07) is 19.0. The van der Waals surface area contributed by atoms with Crippen LogP contribution >= 0.6 is 24.0 Å². The van der Waals surface area contributed by atoms with Gasteiger partial charge in [0.25, 0.3) is 0 Å². The first kappa shape index (κ1) is 32.9. The van der Waals surface area contributed by atoms with E-state index in [9.17, 15) is 18.0 Å². The van der Waals surface area contributed by atoms with E-state index in [0.29, 0.717) is 22.4 Å². The van der Waals surface area contributed by atoms with E-state index < -0.39 is 6.36 Å². The Labute approximate surface area is 274 Å². The van der Waals surface area contributed by atoms with E-state index in [1.165, 1.54) is 47.0 Å². The van der Waals surface area contributed by atoms with Gasteiger partial charge in [-0.3, -0.25) is 9.69 Å². The smallest absolute Gasteiger partial charge is 0.406 e. The fraction of sp³-hybridized carbons (Fsp3) is 0.242. The summed E-state index contributed by atoms with van der Waals surface area (Å²) >= 11 is 6.91. The molecule has 1 unspecified atom stereocenters. The number of alkyl halides is 3. The number of anilines is 1. The summed E-state index contributed by atoms with van der Waals surface area (Å²) in [5, 5.41) is 8.49. The number of amidine groups is 1. The molecule has 0 aliphatic carbocycles. The third kappa shape index (κ3) is 8.20. The lowest BCUT2D eigenvalue weighted by molar-refractivity contribution is -0.274. The van der Waals surface area contributed by atoms with Crippen molar-refractivity contribution in [2.24, 2.45) is 4.99 Å². The number of thioether (sulfide) groups is 1. The molecule has 1 atom stereocenters. The summed E-state index contributed by atoms with van der Waals surface area (Å²) < 4.78 is 42.7. The van der Waals surface area contributed by atoms with Gasteiger partial charge in [-0.2, -0.15) is 4.99 Å². The van der Waals surface area contributed by atoms with Gasteiger partial charge in [0.2, 0.25) is 5.91 Å². The average molecular weight is 665 g/mol. The summed E-state index contributed by atoms with van der Waals surface area (Å²) in [5.74, 6) is 0.681. The van der Waals surface area contributed by atoms with Crippen LogP contribution in [0.1, 0.15) is 43.4 Å². The number of nitrogens with zero attached hydrogens (tertiary/aromatic N) is 5. The number of benzene rings is 3. The lowest BCUT2D eigenvalue weighted by Gasteiger charge is -2.22. The van der Waals surface area contributed by atoms with Gasteiger partial charge in [-0.05, 0) is 79.0 Å². The Morgan fingerprint density at radius 2 is 1.80 bits per heavy atom. The molecule has 238 valence electrons. The van der Waals surface area contributed by atoms with Crippen molar-refractivity contribution in [1.82, 2.24) is 20.1 Å². The Morgan fingerprint density at radius 1 is 1.09 bits per heavy atom. The van der Waals surface area contributed by atoms with Gasteiger partial charge >= 0.3 is 6.36 Å². The summed E-state index contributed by atoms with van der Waals surface area (Å²) in [5.41, 5.74) is 5.25. The van der Waals surface area contributed by atoms with Crippen LogP contribution in [0.5, 0.6) is 5.75 Å². The van der Waals surface area contributed by atoms with Crippen LogP contribution in [-0.4, -0.2) is 49.1 Å². The molecular weight excluding hydrogens is 634 g/mol. The summed E-state index contributed by atoms with van der Waals surface area (Å²) in [7, 11) is 0. The number of carbonyl (C=O) groups excluding carboxylic acids is 1. The van der Waals surface area contributed by atoms with Crippen molar-refractivity contribution >= 4 is 51.9 Å². The van der Waals surface area contributed by atoms with Crippen LogP contribution in [0.3, 0.4) is 0 Å². The molecule has 0 radical (unpaired) electrons. The molecule has 1 aromatic heterocycles.